The van der Waals surface area contributed by atoms with Crippen molar-refractivity contribution >= 4 is 27.8 Å². The number of pyridine rings is 1. The van der Waals surface area contributed by atoms with Gasteiger partial charge in [-0.05, 0) is 47.7 Å². The number of carboxylic acid groups (broad SMARTS) is 1. The number of rotatable bonds is 5. The number of hydrogen-bond donors (Lipinski definition) is 2. The largest absolute Gasteiger partial charge is 0.481 e. The number of aromatic amines is 1. The van der Waals surface area contributed by atoms with Gasteiger partial charge < -0.3 is 5.11 Å². The lowest BCUT2D eigenvalue weighted by Gasteiger charge is -2.21. The number of benzene rings is 2. The van der Waals surface area contributed by atoms with Gasteiger partial charge in [-0.1, -0.05) is 26.0 Å². The smallest absolute Gasteiger partial charge is 0.303 e. The molecule has 2 aromatic carbocycles. The Labute approximate surface area is 167 Å². The number of halogens is 1. The van der Waals surface area contributed by atoms with Gasteiger partial charge in [-0.2, -0.15) is 5.10 Å². The van der Waals surface area contributed by atoms with Crippen molar-refractivity contribution < 1.29 is 14.3 Å². The molecule has 0 bridgehead atoms. The summed E-state index contributed by atoms with van der Waals surface area (Å²) >= 11 is 0. The predicted molar refractivity (Wildman–Crippen MR) is 112 cm³/mol. The van der Waals surface area contributed by atoms with E-state index < -0.39 is 5.97 Å². The van der Waals surface area contributed by atoms with E-state index in [2.05, 4.69) is 30.1 Å². The zero-order chi connectivity index (χ0) is 20.7. The van der Waals surface area contributed by atoms with Gasteiger partial charge in [0.15, 0.2) is 0 Å². The molecule has 4 rings (SSSR count). The molecule has 0 aliphatic rings. The van der Waals surface area contributed by atoms with Crippen molar-refractivity contribution in [2.75, 3.05) is 0 Å². The van der Waals surface area contributed by atoms with E-state index in [4.69, 9.17) is 4.98 Å². The molecule has 2 heterocycles. The lowest BCUT2D eigenvalue weighted by molar-refractivity contribution is -0.136. The van der Waals surface area contributed by atoms with Crippen molar-refractivity contribution in [1.29, 1.82) is 0 Å². The molecule has 4 aromatic rings. The van der Waals surface area contributed by atoms with E-state index in [1.54, 1.807) is 18.3 Å². The van der Waals surface area contributed by atoms with Crippen molar-refractivity contribution in [2.24, 2.45) is 0 Å². The number of nitrogens with one attached hydrogen (secondary N) is 1. The topological polar surface area (TPSA) is 78.9 Å². The predicted octanol–water partition coefficient (Wildman–Crippen LogP) is 5.37. The molecule has 0 aliphatic carbocycles. The minimum atomic E-state index is -0.856. The SMILES string of the molecule is Cc1c2nc(CCC(=O)O)c(C(C)C)c(-c3ccc(F)cc3)c2cc2cn[nH]c12. The number of aryl methyl sites for hydroxylation is 2. The van der Waals surface area contributed by atoms with Crippen LogP contribution in [0.1, 0.15) is 43.0 Å². The van der Waals surface area contributed by atoms with Gasteiger partial charge >= 0.3 is 5.97 Å². The fourth-order valence-corrected chi connectivity index (χ4v) is 4.03. The van der Waals surface area contributed by atoms with Crippen LogP contribution in [-0.4, -0.2) is 26.3 Å². The average Bonchev–Trinajstić information content (AvgIpc) is 3.15. The second-order valence-electron chi connectivity index (χ2n) is 7.63. The quantitative estimate of drug-likeness (QED) is 0.480. The number of carboxylic acids is 1. The van der Waals surface area contributed by atoms with Crippen molar-refractivity contribution in [2.45, 2.75) is 39.5 Å². The van der Waals surface area contributed by atoms with E-state index in [1.165, 1.54) is 12.1 Å². The minimum absolute atomic E-state index is 0.00638. The zero-order valence-corrected chi connectivity index (χ0v) is 16.6. The number of fused-ring (bicyclic) bond motifs is 2. The van der Waals surface area contributed by atoms with Crippen LogP contribution >= 0.6 is 0 Å². The van der Waals surface area contributed by atoms with E-state index in [1.807, 2.05) is 6.92 Å². The molecule has 0 spiro atoms. The summed E-state index contributed by atoms with van der Waals surface area (Å²) in [5.41, 5.74) is 6.34. The zero-order valence-electron chi connectivity index (χ0n) is 16.6. The molecule has 148 valence electrons. The van der Waals surface area contributed by atoms with E-state index in [0.717, 1.165) is 49.8 Å². The summed E-state index contributed by atoms with van der Waals surface area (Å²) in [7, 11) is 0. The van der Waals surface area contributed by atoms with Gasteiger partial charge in [0.05, 0.1) is 23.7 Å². The number of nitrogens with zero attached hydrogens (tertiary/aromatic N) is 2. The average molecular weight is 391 g/mol. The molecule has 2 aromatic heterocycles. The van der Waals surface area contributed by atoms with Gasteiger partial charge in [0.25, 0.3) is 0 Å². The highest BCUT2D eigenvalue weighted by molar-refractivity contribution is 6.06. The fourth-order valence-electron chi connectivity index (χ4n) is 4.03. The normalized spacial score (nSPS) is 11.6. The summed E-state index contributed by atoms with van der Waals surface area (Å²) in [6.45, 7) is 6.13. The molecule has 0 saturated carbocycles. The number of carbonyl (C=O) groups is 1. The Balaban J connectivity index is 2.13. The van der Waals surface area contributed by atoms with Crippen LogP contribution in [0.25, 0.3) is 32.9 Å². The molecule has 0 aliphatic heterocycles. The molecule has 2 N–H and O–H groups in total. The third kappa shape index (κ3) is 3.35. The second kappa shape index (κ2) is 7.28. The summed E-state index contributed by atoms with van der Waals surface area (Å²) in [6.07, 6.45) is 2.13. The molecule has 0 fully saturated rings. The first-order valence-corrected chi connectivity index (χ1v) is 9.63. The van der Waals surface area contributed by atoms with Crippen LogP contribution in [0.3, 0.4) is 0 Å². The Morgan fingerprint density at radius 1 is 1.24 bits per heavy atom. The van der Waals surface area contributed by atoms with Gasteiger partial charge in [-0.15, -0.1) is 0 Å². The Morgan fingerprint density at radius 2 is 1.97 bits per heavy atom. The number of hydrogen-bond acceptors (Lipinski definition) is 3. The minimum Gasteiger partial charge on any atom is -0.481 e. The summed E-state index contributed by atoms with van der Waals surface area (Å²) in [4.78, 5) is 16.2. The van der Waals surface area contributed by atoms with Crippen LogP contribution in [0.4, 0.5) is 4.39 Å². The summed E-state index contributed by atoms with van der Waals surface area (Å²) in [6, 6.07) is 8.50. The Morgan fingerprint density at radius 3 is 2.62 bits per heavy atom. The standard InChI is InChI=1S/C23H22FN3O2/c1-12(2)20-18(8-9-19(28)29)26-23-13(3)22-15(11-25-27-22)10-17(23)21(20)14-4-6-16(24)7-5-14/h4-7,10-12H,8-9H2,1-3H3,(H,25,27)(H,28,29). The van der Waals surface area contributed by atoms with E-state index >= 15 is 0 Å². The van der Waals surface area contributed by atoms with Gasteiger partial charge in [0, 0.05) is 28.5 Å². The maximum absolute atomic E-state index is 13.6. The highest BCUT2D eigenvalue weighted by Gasteiger charge is 2.21. The van der Waals surface area contributed by atoms with E-state index in [9.17, 15) is 14.3 Å². The Bertz CT molecular complexity index is 1230. The number of aliphatic carboxylic acids is 1. The Kier molecular flexibility index (Phi) is 4.78. The highest BCUT2D eigenvalue weighted by Crippen LogP contribution is 2.40. The molecule has 0 saturated heterocycles. The maximum atomic E-state index is 13.6. The number of H-pyrrole nitrogens is 1. The fraction of sp³-hybridized carbons (Fsp3) is 0.261. The van der Waals surface area contributed by atoms with Gasteiger partial charge in [-0.3, -0.25) is 14.9 Å². The summed E-state index contributed by atoms with van der Waals surface area (Å²) in [5.74, 6) is -1.03. The van der Waals surface area contributed by atoms with Crippen LogP contribution in [0, 0.1) is 12.7 Å². The first kappa shape index (κ1) is 19.1. The van der Waals surface area contributed by atoms with Crippen molar-refractivity contribution in [3.63, 3.8) is 0 Å². The molecule has 0 amide bonds. The Hall–Kier alpha value is -3.28. The van der Waals surface area contributed by atoms with Crippen LogP contribution in [-0.2, 0) is 11.2 Å². The van der Waals surface area contributed by atoms with Gasteiger partial charge in [0.2, 0.25) is 0 Å². The first-order chi connectivity index (χ1) is 13.9. The molecular weight excluding hydrogens is 369 g/mol. The lowest BCUT2D eigenvalue weighted by Crippen LogP contribution is -2.08. The molecule has 5 nitrogen and oxygen atoms in total. The lowest BCUT2D eigenvalue weighted by atomic mass is 9.86. The molecule has 29 heavy (non-hydrogen) atoms. The first-order valence-electron chi connectivity index (χ1n) is 9.63. The van der Waals surface area contributed by atoms with Crippen molar-refractivity contribution in [1.82, 2.24) is 15.2 Å². The van der Waals surface area contributed by atoms with E-state index in [-0.39, 0.29) is 18.2 Å². The van der Waals surface area contributed by atoms with Crippen LogP contribution in [0.15, 0.2) is 36.5 Å². The summed E-state index contributed by atoms with van der Waals surface area (Å²) < 4.78 is 13.6. The molecular formula is C23H22FN3O2. The molecule has 0 atom stereocenters. The second-order valence-corrected chi connectivity index (χ2v) is 7.63. The highest BCUT2D eigenvalue weighted by atomic mass is 19.1. The van der Waals surface area contributed by atoms with Crippen LogP contribution in [0.5, 0.6) is 0 Å². The molecule has 6 heteroatoms. The monoisotopic (exact) mass is 391 g/mol. The number of aromatic nitrogens is 3. The summed E-state index contributed by atoms with van der Waals surface area (Å²) in [5, 5.41) is 18.3. The van der Waals surface area contributed by atoms with Crippen molar-refractivity contribution in [3.8, 4) is 11.1 Å². The molecule has 0 radical (unpaired) electrons. The van der Waals surface area contributed by atoms with Crippen molar-refractivity contribution in [3.05, 3.63) is 59.2 Å². The van der Waals surface area contributed by atoms with Gasteiger partial charge in [-0.25, -0.2) is 4.39 Å². The van der Waals surface area contributed by atoms with Crippen LogP contribution < -0.4 is 0 Å². The van der Waals surface area contributed by atoms with E-state index in [0.29, 0.717) is 6.42 Å². The third-order valence-corrected chi connectivity index (χ3v) is 5.34. The maximum Gasteiger partial charge on any atom is 0.303 e. The molecule has 0 unspecified atom stereocenters. The van der Waals surface area contributed by atoms with Gasteiger partial charge in [0.1, 0.15) is 5.82 Å². The third-order valence-electron chi connectivity index (χ3n) is 5.34. The van der Waals surface area contributed by atoms with Crippen LogP contribution in [0.2, 0.25) is 0 Å².